The minimum absolute atomic E-state index is 0.186. The molecule has 0 saturated heterocycles. The van der Waals surface area contributed by atoms with E-state index in [9.17, 15) is 4.79 Å². The van der Waals surface area contributed by atoms with Crippen molar-refractivity contribution in [2.45, 2.75) is 64.3 Å². The highest BCUT2D eigenvalue weighted by atomic mass is 28.4. The number of carbonyl (C=O) groups is 1. The lowest BCUT2D eigenvalue weighted by molar-refractivity contribution is -0.139. The minimum atomic E-state index is -1.67. The molecule has 0 saturated carbocycles. The molecule has 0 radical (unpaired) electrons. The van der Waals surface area contributed by atoms with Crippen LogP contribution in [0.1, 0.15) is 45.7 Å². The van der Waals surface area contributed by atoms with E-state index in [0.29, 0.717) is 12.2 Å². The molecule has 1 aromatic rings. The van der Waals surface area contributed by atoms with Crippen LogP contribution in [0, 0.1) is 0 Å². The van der Waals surface area contributed by atoms with Crippen molar-refractivity contribution >= 4 is 23.3 Å². The monoisotopic (exact) mass is 378 g/mol. The Morgan fingerprint density at radius 3 is 2.12 bits per heavy atom. The average Bonchev–Trinajstić information content (AvgIpc) is 2.65. The number of benzene rings is 1. The molecule has 0 heterocycles. The van der Waals surface area contributed by atoms with Crippen LogP contribution in [-0.4, -0.2) is 29.9 Å². The van der Waals surface area contributed by atoms with Crippen LogP contribution in [-0.2, 0) is 13.6 Å². The van der Waals surface area contributed by atoms with Gasteiger partial charge in [0.15, 0.2) is 17.4 Å². The normalized spacial score (nSPS) is 14.0. The predicted molar refractivity (Wildman–Crippen MR) is 111 cm³/mol. The molecule has 140 valence electrons. The lowest BCUT2D eigenvalue weighted by Crippen LogP contribution is -2.45. The van der Waals surface area contributed by atoms with Crippen molar-refractivity contribution in [1.29, 1.82) is 0 Å². The Morgan fingerprint density at radius 2 is 1.68 bits per heavy atom. The third-order valence-corrected chi connectivity index (χ3v) is 14.5. The minimum Gasteiger partial charge on any atom is -0.462 e. The second-order valence-corrected chi connectivity index (χ2v) is 14.8. The van der Waals surface area contributed by atoms with Crippen LogP contribution >= 0.6 is 0 Å². The molecular formula is C20H34O3Si2. The highest BCUT2D eigenvalue weighted by Gasteiger charge is 2.36. The summed E-state index contributed by atoms with van der Waals surface area (Å²) in [4.78, 5) is 11.9. The SMILES string of the molecule is C=C(C)C(=O)OCC(c1ccccc1)[SiH](CC)O[Si](CC)(CC)CC. The van der Waals surface area contributed by atoms with Crippen LogP contribution < -0.4 is 0 Å². The molecule has 3 nitrogen and oxygen atoms in total. The summed E-state index contributed by atoms with van der Waals surface area (Å²) >= 11 is 0. The van der Waals surface area contributed by atoms with Gasteiger partial charge in [0.25, 0.3) is 0 Å². The molecule has 0 aliphatic rings. The zero-order valence-corrected chi connectivity index (χ0v) is 18.7. The van der Waals surface area contributed by atoms with Gasteiger partial charge < -0.3 is 8.85 Å². The van der Waals surface area contributed by atoms with E-state index in [4.69, 9.17) is 8.85 Å². The van der Waals surface area contributed by atoms with Crippen LogP contribution in [0.5, 0.6) is 0 Å². The third-order valence-electron chi connectivity index (χ3n) is 5.16. The zero-order chi connectivity index (χ0) is 18.9. The first kappa shape index (κ1) is 21.9. The number of carbonyl (C=O) groups excluding carboxylic acids is 1. The van der Waals surface area contributed by atoms with Crippen molar-refractivity contribution in [1.82, 2.24) is 0 Å². The van der Waals surface area contributed by atoms with Crippen molar-refractivity contribution in [2.24, 2.45) is 0 Å². The van der Waals surface area contributed by atoms with Gasteiger partial charge in [-0.1, -0.05) is 64.6 Å². The van der Waals surface area contributed by atoms with Gasteiger partial charge in [-0.3, -0.25) is 0 Å². The van der Waals surface area contributed by atoms with Crippen molar-refractivity contribution in [3.8, 4) is 0 Å². The second-order valence-electron chi connectivity index (χ2n) is 6.70. The van der Waals surface area contributed by atoms with Gasteiger partial charge in [0.1, 0.15) is 0 Å². The Kier molecular flexibility index (Phi) is 9.39. The fraction of sp³-hybridized carbons (Fsp3) is 0.550. The maximum Gasteiger partial charge on any atom is 0.333 e. The van der Waals surface area contributed by atoms with Crippen LogP contribution in [0.15, 0.2) is 42.5 Å². The number of hydrogen-bond donors (Lipinski definition) is 0. The zero-order valence-electron chi connectivity index (χ0n) is 16.5. The molecule has 0 aromatic heterocycles. The van der Waals surface area contributed by atoms with Crippen molar-refractivity contribution in [3.63, 3.8) is 0 Å². The summed E-state index contributed by atoms with van der Waals surface area (Å²) in [5, 5.41) is 0. The van der Waals surface area contributed by atoms with E-state index in [-0.39, 0.29) is 11.5 Å². The molecule has 0 N–H and O–H groups in total. The Labute approximate surface area is 156 Å². The first-order valence-corrected chi connectivity index (χ1v) is 14.0. The molecule has 0 bridgehead atoms. The van der Waals surface area contributed by atoms with Gasteiger partial charge in [-0.15, -0.1) is 0 Å². The van der Waals surface area contributed by atoms with Gasteiger partial charge in [-0.25, -0.2) is 4.79 Å². The lowest BCUT2D eigenvalue weighted by atomic mass is 10.1. The molecule has 0 fully saturated rings. The molecule has 1 aromatic carbocycles. The van der Waals surface area contributed by atoms with E-state index >= 15 is 0 Å². The summed E-state index contributed by atoms with van der Waals surface area (Å²) in [6.45, 7) is 14.8. The number of ether oxygens (including phenoxy) is 1. The highest BCUT2D eigenvalue weighted by Crippen LogP contribution is 2.30. The number of rotatable bonds is 11. The quantitative estimate of drug-likeness (QED) is 0.302. The van der Waals surface area contributed by atoms with Crippen LogP contribution in [0.3, 0.4) is 0 Å². The summed E-state index contributed by atoms with van der Waals surface area (Å²) in [6, 6.07) is 14.9. The molecule has 5 heteroatoms. The smallest absolute Gasteiger partial charge is 0.333 e. The fourth-order valence-corrected chi connectivity index (χ4v) is 12.1. The van der Waals surface area contributed by atoms with Gasteiger partial charge in [-0.05, 0) is 36.7 Å². The number of esters is 1. The topological polar surface area (TPSA) is 35.5 Å². The Morgan fingerprint density at radius 1 is 1.12 bits per heavy atom. The van der Waals surface area contributed by atoms with Gasteiger partial charge in [0.05, 0.1) is 6.61 Å². The van der Waals surface area contributed by atoms with Crippen LogP contribution in [0.4, 0.5) is 0 Å². The van der Waals surface area contributed by atoms with Crippen LogP contribution in [0.2, 0.25) is 24.2 Å². The molecular weight excluding hydrogens is 344 g/mol. The summed E-state index contributed by atoms with van der Waals surface area (Å²) in [6.07, 6.45) is 0. The van der Waals surface area contributed by atoms with E-state index < -0.39 is 17.4 Å². The molecule has 0 aliphatic carbocycles. The van der Waals surface area contributed by atoms with E-state index in [1.54, 1.807) is 6.92 Å². The summed E-state index contributed by atoms with van der Waals surface area (Å²) in [5.74, 6) is -0.310. The van der Waals surface area contributed by atoms with E-state index in [1.165, 1.54) is 5.56 Å². The van der Waals surface area contributed by atoms with Gasteiger partial charge in [0.2, 0.25) is 0 Å². The Hall–Kier alpha value is -1.18. The van der Waals surface area contributed by atoms with Crippen molar-refractivity contribution < 1.29 is 13.6 Å². The largest absolute Gasteiger partial charge is 0.462 e. The Balaban J connectivity index is 3.06. The molecule has 25 heavy (non-hydrogen) atoms. The van der Waals surface area contributed by atoms with Gasteiger partial charge in [0, 0.05) is 11.1 Å². The van der Waals surface area contributed by atoms with E-state index in [2.05, 4.69) is 46.4 Å². The van der Waals surface area contributed by atoms with Crippen LogP contribution in [0.25, 0.3) is 0 Å². The molecule has 0 aliphatic heterocycles. The van der Waals surface area contributed by atoms with Gasteiger partial charge in [-0.2, -0.15) is 0 Å². The third kappa shape index (κ3) is 6.24. The average molecular weight is 379 g/mol. The van der Waals surface area contributed by atoms with E-state index in [0.717, 1.165) is 24.2 Å². The fourth-order valence-electron chi connectivity index (χ4n) is 3.18. The molecule has 2 atom stereocenters. The van der Waals surface area contributed by atoms with Crippen molar-refractivity contribution in [3.05, 3.63) is 48.0 Å². The molecule has 0 spiro atoms. The first-order chi connectivity index (χ1) is 11.9. The lowest BCUT2D eigenvalue weighted by Gasteiger charge is -2.36. The summed E-state index contributed by atoms with van der Waals surface area (Å²) < 4.78 is 12.5. The maximum atomic E-state index is 11.9. The standard InChI is InChI=1S/C20H34O3Si2/c1-7-24(23-25(8-2,9-3)10-4)19(16-22-20(21)17(5)6)18-14-12-11-13-15-18/h11-15,19,24H,5,7-10,16H2,1-4,6H3. The first-order valence-electron chi connectivity index (χ1n) is 9.48. The number of hydrogen-bond acceptors (Lipinski definition) is 3. The van der Waals surface area contributed by atoms with Crippen molar-refractivity contribution in [2.75, 3.05) is 6.61 Å². The highest BCUT2D eigenvalue weighted by molar-refractivity contribution is 6.80. The molecule has 1 rings (SSSR count). The second kappa shape index (κ2) is 10.7. The summed E-state index contributed by atoms with van der Waals surface area (Å²) in [5.41, 5.74) is 1.86. The predicted octanol–water partition coefficient (Wildman–Crippen LogP) is 5.19. The Bertz CT molecular complexity index is 533. The molecule has 2 unspecified atom stereocenters. The summed E-state index contributed by atoms with van der Waals surface area (Å²) in [7, 11) is -3.24. The maximum absolute atomic E-state index is 11.9. The van der Waals surface area contributed by atoms with E-state index in [1.807, 2.05) is 18.2 Å². The molecule has 0 amide bonds. The van der Waals surface area contributed by atoms with Gasteiger partial charge >= 0.3 is 5.97 Å².